The smallest absolute Gasteiger partial charge is 0.244 e. The van der Waals surface area contributed by atoms with E-state index >= 15 is 0 Å². The summed E-state index contributed by atoms with van der Waals surface area (Å²) >= 11 is 0. The molecule has 102 valence electrons. The number of hydrogen-bond acceptors (Lipinski definition) is 4. The van der Waals surface area contributed by atoms with E-state index < -0.39 is 0 Å². The van der Waals surface area contributed by atoms with Crippen molar-refractivity contribution in [1.82, 2.24) is 10.1 Å². The molecule has 2 N–H and O–H groups in total. The first-order valence-electron chi connectivity index (χ1n) is 6.15. The summed E-state index contributed by atoms with van der Waals surface area (Å²) in [6, 6.07) is 4.12. The van der Waals surface area contributed by atoms with Crippen molar-refractivity contribution in [2.24, 2.45) is 11.1 Å². The molecule has 0 saturated carbocycles. The molecule has 0 bridgehead atoms. The number of aromatic nitrogens is 2. The van der Waals surface area contributed by atoms with Gasteiger partial charge in [0.05, 0.1) is 6.04 Å². The van der Waals surface area contributed by atoms with E-state index in [-0.39, 0.29) is 17.3 Å². The van der Waals surface area contributed by atoms with Crippen LogP contribution in [0.25, 0.3) is 11.4 Å². The molecule has 2 aromatic rings. The van der Waals surface area contributed by atoms with Crippen molar-refractivity contribution in [2.45, 2.75) is 33.7 Å². The lowest BCUT2D eigenvalue weighted by atomic mass is 9.87. The highest BCUT2D eigenvalue weighted by atomic mass is 19.1. The van der Waals surface area contributed by atoms with Gasteiger partial charge in [0.1, 0.15) is 5.82 Å². The number of benzene rings is 1. The highest BCUT2D eigenvalue weighted by Crippen LogP contribution is 2.31. The van der Waals surface area contributed by atoms with Crippen LogP contribution in [0.2, 0.25) is 0 Å². The Morgan fingerprint density at radius 1 is 1.32 bits per heavy atom. The highest BCUT2D eigenvalue weighted by Gasteiger charge is 2.27. The van der Waals surface area contributed by atoms with Crippen molar-refractivity contribution in [3.8, 4) is 11.4 Å². The van der Waals surface area contributed by atoms with Crippen LogP contribution in [0.1, 0.15) is 38.3 Å². The molecule has 1 aromatic heterocycles. The Morgan fingerprint density at radius 3 is 2.58 bits per heavy atom. The summed E-state index contributed by atoms with van der Waals surface area (Å²) in [4.78, 5) is 4.31. The number of nitrogens with two attached hydrogens (primary N) is 1. The van der Waals surface area contributed by atoms with Crippen LogP contribution in [0.4, 0.5) is 4.39 Å². The SMILES string of the molecule is Cc1cc(F)ccc1-c1noc([C@H](N)C(C)(C)C)n1. The van der Waals surface area contributed by atoms with Crippen LogP contribution < -0.4 is 5.73 Å². The molecule has 0 radical (unpaired) electrons. The van der Waals surface area contributed by atoms with Crippen LogP contribution in [-0.4, -0.2) is 10.1 Å². The Labute approximate surface area is 111 Å². The van der Waals surface area contributed by atoms with E-state index in [1.54, 1.807) is 13.0 Å². The lowest BCUT2D eigenvalue weighted by Crippen LogP contribution is -2.26. The molecule has 2 rings (SSSR count). The number of hydrogen-bond donors (Lipinski definition) is 1. The molecule has 0 aliphatic heterocycles. The Balaban J connectivity index is 2.36. The fourth-order valence-corrected chi connectivity index (χ4v) is 1.72. The zero-order valence-electron chi connectivity index (χ0n) is 11.6. The van der Waals surface area contributed by atoms with Gasteiger partial charge in [-0.15, -0.1) is 0 Å². The van der Waals surface area contributed by atoms with Crippen molar-refractivity contribution < 1.29 is 8.91 Å². The number of rotatable bonds is 2. The second-order valence-electron chi connectivity index (χ2n) is 5.76. The van der Waals surface area contributed by atoms with Gasteiger partial charge in [-0.1, -0.05) is 25.9 Å². The Kier molecular flexibility index (Phi) is 3.41. The maximum Gasteiger partial charge on any atom is 0.244 e. The van der Waals surface area contributed by atoms with E-state index in [1.165, 1.54) is 12.1 Å². The lowest BCUT2D eigenvalue weighted by molar-refractivity contribution is 0.253. The molecule has 1 aromatic carbocycles. The van der Waals surface area contributed by atoms with Gasteiger partial charge in [-0.05, 0) is 36.1 Å². The maximum absolute atomic E-state index is 13.1. The van der Waals surface area contributed by atoms with E-state index in [1.807, 2.05) is 20.8 Å². The fourth-order valence-electron chi connectivity index (χ4n) is 1.72. The summed E-state index contributed by atoms with van der Waals surface area (Å²) in [5, 5.41) is 3.92. The third-order valence-electron chi connectivity index (χ3n) is 3.07. The van der Waals surface area contributed by atoms with E-state index in [9.17, 15) is 4.39 Å². The standard InChI is InChI=1S/C14H18FN3O/c1-8-7-9(15)5-6-10(8)12-17-13(19-18-12)11(16)14(2,3)4/h5-7,11H,16H2,1-4H3/t11-/m0/s1. The zero-order chi connectivity index (χ0) is 14.2. The average Bonchev–Trinajstić information content (AvgIpc) is 2.75. The molecule has 0 saturated heterocycles. The van der Waals surface area contributed by atoms with Gasteiger partial charge >= 0.3 is 0 Å². The second kappa shape index (κ2) is 4.74. The minimum Gasteiger partial charge on any atom is -0.337 e. The summed E-state index contributed by atoms with van der Waals surface area (Å²) in [5.74, 6) is 0.551. The van der Waals surface area contributed by atoms with Gasteiger partial charge < -0.3 is 10.3 Å². The van der Waals surface area contributed by atoms with E-state index in [2.05, 4.69) is 10.1 Å². The Hall–Kier alpha value is -1.75. The normalized spacial score (nSPS) is 13.6. The molecule has 1 heterocycles. The van der Waals surface area contributed by atoms with Gasteiger partial charge in [0.2, 0.25) is 11.7 Å². The van der Waals surface area contributed by atoms with Crippen LogP contribution >= 0.6 is 0 Å². The van der Waals surface area contributed by atoms with E-state index in [0.29, 0.717) is 11.7 Å². The van der Waals surface area contributed by atoms with E-state index in [0.717, 1.165) is 11.1 Å². The summed E-state index contributed by atoms with van der Waals surface area (Å²) in [5.41, 5.74) is 7.41. The summed E-state index contributed by atoms with van der Waals surface area (Å²) in [7, 11) is 0. The van der Waals surface area contributed by atoms with Gasteiger partial charge in [-0.3, -0.25) is 0 Å². The van der Waals surface area contributed by atoms with Crippen LogP contribution in [0.5, 0.6) is 0 Å². The Morgan fingerprint density at radius 2 is 2.00 bits per heavy atom. The fraction of sp³-hybridized carbons (Fsp3) is 0.429. The van der Waals surface area contributed by atoms with Crippen LogP contribution in [0.15, 0.2) is 22.7 Å². The monoisotopic (exact) mass is 263 g/mol. The predicted molar refractivity (Wildman–Crippen MR) is 70.8 cm³/mol. The van der Waals surface area contributed by atoms with E-state index in [4.69, 9.17) is 10.3 Å². The zero-order valence-corrected chi connectivity index (χ0v) is 11.6. The first-order chi connectivity index (χ1) is 8.79. The maximum atomic E-state index is 13.1. The minimum atomic E-state index is -0.338. The number of aryl methyl sites for hydroxylation is 1. The molecule has 0 unspecified atom stereocenters. The quantitative estimate of drug-likeness (QED) is 0.903. The molecule has 0 aliphatic rings. The number of halogens is 1. The third-order valence-corrected chi connectivity index (χ3v) is 3.07. The highest BCUT2D eigenvalue weighted by molar-refractivity contribution is 5.59. The topological polar surface area (TPSA) is 64.9 Å². The molecule has 0 amide bonds. The third kappa shape index (κ3) is 2.81. The number of nitrogens with zero attached hydrogens (tertiary/aromatic N) is 2. The molecule has 0 aliphatic carbocycles. The van der Waals surface area contributed by atoms with Crippen molar-refractivity contribution >= 4 is 0 Å². The molecular weight excluding hydrogens is 245 g/mol. The first-order valence-corrected chi connectivity index (χ1v) is 6.15. The summed E-state index contributed by atoms with van der Waals surface area (Å²) in [6.07, 6.45) is 0. The summed E-state index contributed by atoms with van der Waals surface area (Å²) in [6.45, 7) is 7.82. The van der Waals surface area contributed by atoms with Crippen molar-refractivity contribution in [1.29, 1.82) is 0 Å². The van der Waals surface area contributed by atoms with Gasteiger partial charge in [0, 0.05) is 5.56 Å². The molecule has 4 nitrogen and oxygen atoms in total. The first kappa shape index (κ1) is 13.7. The largest absolute Gasteiger partial charge is 0.337 e. The van der Waals surface area contributed by atoms with Crippen LogP contribution in [-0.2, 0) is 0 Å². The molecule has 19 heavy (non-hydrogen) atoms. The molecular formula is C14H18FN3O. The van der Waals surface area contributed by atoms with Gasteiger partial charge in [-0.25, -0.2) is 4.39 Å². The Bertz CT molecular complexity index is 587. The second-order valence-corrected chi connectivity index (χ2v) is 5.76. The molecule has 1 atom stereocenters. The van der Waals surface area contributed by atoms with Crippen molar-refractivity contribution in [3.63, 3.8) is 0 Å². The van der Waals surface area contributed by atoms with Crippen molar-refractivity contribution in [2.75, 3.05) is 0 Å². The minimum absolute atomic E-state index is 0.165. The van der Waals surface area contributed by atoms with Crippen molar-refractivity contribution in [3.05, 3.63) is 35.5 Å². The van der Waals surface area contributed by atoms with Crippen LogP contribution in [0, 0.1) is 18.2 Å². The lowest BCUT2D eigenvalue weighted by Gasteiger charge is -2.23. The average molecular weight is 263 g/mol. The molecule has 0 spiro atoms. The molecule has 0 fully saturated rings. The van der Waals surface area contributed by atoms with Gasteiger partial charge in [0.25, 0.3) is 0 Å². The predicted octanol–water partition coefficient (Wildman–Crippen LogP) is 3.23. The van der Waals surface area contributed by atoms with Crippen LogP contribution in [0.3, 0.4) is 0 Å². The van der Waals surface area contributed by atoms with Gasteiger partial charge in [0.15, 0.2) is 0 Å². The molecule has 5 heteroatoms. The summed E-state index contributed by atoms with van der Waals surface area (Å²) < 4.78 is 18.3. The van der Waals surface area contributed by atoms with Gasteiger partial charge in [-0.2, -0.15) is 4.98 Å².